The number of rotatable bonds is 4. The first-order chi connectivity index (χ1) is 7.99. The Balaban J connectivity index is 2.30. The molecule has 3 N–H and O–H groups in total. The van der Waals surface area contributed by atoms with Crippen molar-refractivity contribution in [1.82, 2.24) is 10.6 Å². The summed E-state index contributed by atoms with van der Waals surface area (Å²) in [5, 5.41) is 13.4. The van der Waals surface area contributed by atoms with Crippen LogP contribution in [0.1, 0.15) is 25.7 Å². The summed E-state index contributed by atoms with van der Waals surface area (Å²) in [4.78, 5) is 22.0. The van der Waals surface area contributed by atoms with Crippen LogP contribution in [0.25, 0.3) is 0 Å². The number of halogens is 2. The molecule has 1 aliphatic carbocycles. The number of amides is 2. The van der Waals surface area contributed by atoms with E-state index < -0.39 is 30.9 Å². The Morgan fingerprint density at radius 3 is 2.65 bits per heavy atom. The highest BCUT2D eigenvalue weighted by Gasteiger charge is 2.27. The van der Waals surface area contributed by atoms with Crippen molar-refractivity contribution >= 4 is 12.0 Å². The third-order valence-electron chi connectivity index (χ3n) is 2.78. The van der Waals surface area contributed by atoms with E-state index in [0.717, 1.165) is 6.42 Å². The van der Waals surface area contributed by atoms with Gasteiger partial charge in [0, 0.05) is 6.04 Å². The quantitative estimate of drug-likeness (QED) is 0.701. The van der Waals surface area contributed by atoms with E-state index in [-0.39, 0.29) is 6.04 Å². The van der Waals surface area contributed by atoms with Crippen LogP contribution in [0.3, 0.4) is 0 Å². The van der Waals surface area contributed by atoms with Crippen molar-refractivity contribution in [1.29, 1.82) is 0 Å². The summed E-state index contributed by atoms with van der Waals surface area (Å²) in [6.07, 6.45) is -0.217. The zero-order valence-corrected chi connectivity index (χ0v) is 9.29. The number of hydrogen-bond donors (Lipinski definition) is 3. The second-order valence-corrected chi connectivity index (χ2v) is 4.14. The maximum Gasteiger partial charge on any atom is 0.315 e. The van der Waals surface area contributed by atoms with Gasteiger partial charge in [0.15, 0.2) is 0 Å². The van der Waals surface area contributed by atoms with Crippen LogP contribution in [0.4, 0.5) is 13.6 Å². The molecule has 2 unspecified atom stereocenters. The number of hydrogen-bond acceptors (Lipinski definition) is 2. The van der Waals surface area contributed by atoms with Crippen LogP contribution < -0.4 is 10.6 Å². The summed E-state index contributed by atoms with van der Waals surface area (Å²) in [7, 11) is 0. The van der Waals surface area contributed by atoms with Crippen molar-refractivity contribution in [2.24, 2.45) is 5.92 Å². The van der Waals surface area contributed by atoms with E-state index in [1.807, 2.05) is 5.32 Å². The molecule has 1 saturated carbocycles. The second-order valence-electron chi connectivity index (χ2n) is 4.14. The van der Waals surface area contributed by atoms with E-state index in [4.69, 9.17) is 5.11 Å². The number of nitrogens with one attached hydrogen (secondary N) is 2. The lowest BCUT2D eigenvalue weighted by atomic mass is 9.86. The fraction of sp³-hybridized carbons (Fsp3) is 0.800. The van der Waals surface area contributed by atoms with Gasteiger partial charge in [0.05, 0.1) is 12.5 Å². The van der Waals surface area contributed by atoms with Gasteiger partial charge in [-0.2, -0.15) is 0 Å². The number of carbonyl (C=O) groups is 2. The maximum absolute atomic E-state index is 11.8. The Hall–Kier alpha value is -1.40. The smallest absolute Gasteiger partial charge is 0.315 e. The molecule has 1 fully saturated rings. The van der Waals surface area contributed by atoms with E-state index in [0.29, 0.717) is 19.3 Å². The van der Waals surface area contributed by atoms with Crippen molar-refractivity contribution in [3.63, 3.8) is 0 Å². The molecule has 0 spiro atoms. The van der Waals surface area contributed by atoms with Crippen molar-refractivity contribution in [3.8, 4) is 0 Å². The van der Waals surface area contributed by atoms with Crippen LogP contribution in [-0.4, -0.2) is 36.1 Å². The molecule has 0 bridgehead atoms. The predicted octanol–water partition coefficient (Wildman–Crippen LogP) is 1.19. The van der Waals surface area contributed by atoms with Crippen molar-refractivity contribution in [2.75, 3.05) is 6.54 Å². The number of urea groups is 1. The van der Waals surface area contributed by atoms with Gasteiger partial charge in [0.25, 0.3) is 6.43 Å². The molecule has 0 aromatic heterocycles. The summed E-state index contributed by atoms with van der Waals surface area (Å²) in [5.41, 5.74) is 0. The topological polar surface area (TPSA) is 78.4 Å². The molecule has 1 rings (SSSR count). The van der Waals surface area contributed by atoms with E-state index in [9.17, 15) is 18.4 Å². The number of carboxylic acid groups (broad SMARTS) is 1. The van der Waals surface area contributed by atoms with Gasteiger partial charge >= 0.3 is 12.0 Å². The van der Waals surface area contributed by atoms with Gasteiger partial charge in [-0.05, 0) is 19.3 Å². The fourth-order valence-corrected chi connectivity index (χ4v) is 1.95. The SMILES string of the molecule is O=C(NCC(F)F)NC1CCCC(C(=O)O)C1. The van der Waals surface area contributed by atoms with Crippen LogP contribution in [0, 0.1) is 5.92 Å². The highest BCUT2D eigenvalue weighted by Crippen LogP contribution is 2.24. The predicted molar refractivity (Wildman–Crippen MR) is 55.9 cm³/mol. The Kier molecular flexibility index (Phi) is 5.11. The summed E-state index contributed by atoms with van der Waals surface area (Å²) in [6.45, 7) is -0.694. The molecule has 17 heavy (non-hydrogen) atoms. The molecule has 0 saturated heterocycles. The van der Waals surface area contributed by atoms with Gasteiger partial charge in [-0.1, -0.05) is 6.42 Å². The number of carboxylic acids is 1. The average Bonchev–Trinajstić information content (AvgIpc) is 2.26. The molecule has 0 aliphatic heterocycles. The summed E-state index contributed by atoms with van der Waals surface area (Å²) < 4.78 is 23.6. The van der Waals surface area contributed by atoms with Crippen molar-refractivity contribution in [2.45, 2.75) is 38.2 Å². The van der Waals surface area contributed by atoms with E-state index >= 15 is 0 Å². The molecule has 0 aromatic rings. The zero-order valence-electron chi connectivity index (χ0n) is 9.29. The van der Waals surface area contributed by atoms with Gasteiger partial charge in [-0.3, -0.25) is 4.79 Å². The summed E-state index contributed by atoms with van der Waals surface area (Å²) in [6, 6.07) is -0.913. The van der Waals surface area contributed by atoms with Crippen LogP contribution >= 0.6 is 0 Å². The minimum atomic E-state index is -2.58. The largest absolute Gasteiger partial charge is 0.481 e. The van der Waals surface area contributed by atoms with Gasteiger partial charge in [0.1, 0.15) is 0 Å². The first-order valence-electron chi connectivity index (χ1n) is 5.54. The van der Waals surface area contributed by atoms with Crippen molar-refractivity contribution < 1.29 is 23.5 Å². The molecule has 0 aromatic carbocycles. The van der Waals surface area contributed by atoms with Gasteiger partial charge in [0.2, 0.25) is 0 Å². The molecule has 5 nitrogen and oxygen atoms in total. The van der Waals surface area contributed by atoms with Crippen LogP contribution in [0.15, 0.2) is 0 Å². The molecule has 1 aliphatic rings. The molecule has 2 amide bonds. The molecule has 98 valence electrons. The molecular formula is C10H16F2N2O3. The molecule has 0 heterocycles. The first kappa shape index (κ1) is 13.7. The Bertz CT molecular complexity index is 287. The van der Waals surface area contributed by atoms with Crippen molar-refractivity contribution in [3.05, 3.63) is 0 Å². The van der Waals surface area contributed by atoms with Crippen LogP contribution in [0.5, 0.6) is 0 Å². The lowest BCUT2D eigenvalue weighted by Gasteiger charge is -2.27. The maximum atomic E-state index is 11.8. The standard InChI is InChI=1S/C10H16F2N2O3/c11-8(12)5-13-10(17)14-7-3-1-2-6(4-7)9(15)16/h6-8H,1-5H2,(H,15,16)(H2,13,14,17). The Morgan fingerprint density at radius 2 is 2.06 bits per heavy atom. The van der Waals surface area contributed by atoms with E-state index in [1.54, 1.807) is 0 Å². The Labute approximate surface area is 97.6 Å². The molecular weight excluding hydrogens is 234 g/mol. The lowest BCUT2D eigenvalue weighted by molar-refractivity contribution is -0.143. The normalized spacial score (nSPS) is 24.4. The molecule has 0 radical (unpaired) electrons. The molecule has 7 heteroatoms. The summed E-state index contributed by atoms with van der Waals surface area (Å²) in [5.74, 6) is -1.33. The van der Waals surface area contributed by atoms with Gasteiger partial charge in [-0.25, -0.2) is 13.6 Å². The van der Waals surface area contributed by atoms with E-state index in [2.05, 4.69) is 5.32 Å². The molecule has 2 atom stereocenters. The number of carbonyl (C=O) groups excluding carboxylic acids is 1. The zero-order chi connectivity index (χ0) is 12.8. The van der Waals surface area contributed by atoms with Crippen LogP contribution in [0.2, 0.25) is 0 Å². The minimum absolute atomic E-state index is 0.248. The number of alkyl halides is 2. The minimum Gasteiger partial charge on any atom is -0.481 e. The van der Waals surface area contributed by atoms with Gasteiger partial charge in [-0.15, -0.1) is 0 Å². The average molecular weight is 250 g/mol. The monoisotopic (exact) mass is 250 g/mol. The highest BCUT2D eigenvalue weighted by molar-refractivity contribution is 5.74. The lowest BCUT2D eigenvalue weighted by Crippen LogP contribution is -2.46. The highest BCUT2D eigenvalue weighted by atomic mass is 19.3. The first-order valence-corrected chi connectivity index (χ1v) is 5.54. The Morgan fingerprint density at radius 1 is 1.35 bits per heavy atom. The third kappa shape index (κ3) is 4.97. The van der Waals surface area contributed by atoms with Crippen LogP contribution in [-0.2, 0) is 4.79 Å². The van der Waals surface area contributed by atoms with E-state index in [1.165, 1.54) is 0 Å². The fourth-order valence-electron chi connectivity index (χ4n) is 1.95. The van der Waals surface area contributed by atoms with Gasteiger partial charge < -0.3 is 15.7 Å². The second kappa shape index (κ2) is 6.36. The third-order valence-corrected chi connectivity index (χ3v) is 2.78. The number of aliphatic carboxylic acids is 1. The summed E-state index contributed by atoms with van der Waals surface area (Å²) >= 11 is 0.